The van der Waals surface area contributed by atoms with Gasteiger partial charge in [-0.1, -0.05) is 6.07 Å². The Morgan fingerprint density at radius 3 is 2.21 bits per heavy atom. The summed E-state index contributed by atoms with van der Waals surface area (Å²) in [5.41, 5.74) is 4.78. The molecule has 0 spiro atoms. The van der Waals surface area contributed by atoms with Gasteiger partial charge in [0.15, 0.2) is 11.5 Å². The summed E-state index contributed by atoms with van der Waals surface area (Å²) in [6.07, 6.45) is 0. The molecule has 1 fully saturated rings. The number of aromatic nitrogens is 2. The van der Waals surface area contributed by atoms with Gasteiger partial charge >= 0.3 is 5.97 Å². The summed E-state index contributed by atoms with van der Waals surface area (Å²) in [5, 5.41) is 0. The first-order valence-electron chi connectivity index (χ1n) is 11.0. The predicted octanol–water partition coefficient (Wildman–Crippen LogP) is 3.83. The summed E-state index contributed by atoms with van der Waals surface area (Å²) in [7, 11) is 0. The van der Waals surface area contributed by atoms with E-state index in [0.29, 0.717) is 48.6 Å². The van der Waals surface area contributed by atoms with Crippen molar-refractivity contribution in [3.05, 3.63) is 64.1 Å². The Balaban J connectivity index is 1.62. The number of hydrogen-bond donors (Lipinski definition) is 0. The first kappa shape index (κ1) is 22.6. The van der Waals surface area contributed by atoms with Crippen LogP contribution in [0.2, 0.25) is 0 Å². The number of rotatable bonds is 4. The summed E-state index contributed by atoms with van der Waals surface area (Å²) >= 11 is 0. The fraction of sp³-hybridized carbons (Fsp3) is 0.360. The van der Waals surface area contributed by atoms with Crippen LogP contribution >= 0.6 is 0 Å². The normalized spacial score (nSPS) is 14.0. The molecule has 3 aromatic rings. The van der Waals surface area contributed by atoms with Crippen LogP contribution in [0.15, 0.2) is 30.3 Å². The van der Waals surface area contributed by atoms with E-state index in [-0.39, 0.29) is 18.2 Å². The number of benzene rings is 2. The lowest BCUT2D eigenvalue weighted by Crippen LogP contribution is -2.49. The van der Waals surface area contributed by atoms with E-state index in [2.05, 4.69) is 4.98 Å². The molecular weight excluding hydrogens is 423 g/mol. The van der Waals surface area contributed by atoms with Crippen LogP contribution < -0.4 is 4.90 Å². The van der Waals surface area contributed by atoms with E-state index in [1.54, 1.807) is 24.8 Å². The molecule has 1 aromatic heterocycles. The Morgan fingerprint density at radius 2 is 1.58 bits per heavy atom. The van der Waals surface area contributed by atoms with E-state index >= 15 is 0 Å². The number of anilines is 1. The molecule has 0 aliphatic carbocycles. The highest BCUT2D eigenvalue weighted by atomic mass is 19.1. The summed E-state index contributed by atoms with van der Waals surface area (Å²) < 4.78 is 18.9. The second kappa shape index (κ2) is 9.13. The maximum Gasteiger partial charge on any atom is 0.360 e. The highest BCUT2D eigenvalue weighted by Crippen LogP contribution is 2.25. The van der Waals surface area contributed by atoms with E-state index in [1.165, 1.54) is 12.1 Å². The fourth-order valence-electron chi connectivity index (χ4n) is 3.98. The van der Waals surface area contributed by atoms with Gasteiger partial charge in [-0.2, -0.15) is 0 Å². The quantitative estimate of drug-likeness (QED) is 0.563. The number of halogens is 1. The van der Waals surface area contributed by atoms with Crippen molar-refractivity contribution in [3.63, 3.8) is 0 Å². The number of hydrogen-bond acceptors (Lipinski definition) is 6. The number of carbonyl (C=O) groups is 2. The third-order valence-electron chi connectivity index (χ3n) is 6.03. The molecule has 4 rings (SSSR count). The van der Waals surface area contributed by atoms with Crippen LogP contribution in [0, 0.1) is 26.6 Å². The fourth-order valence-corrected chi connectivity index (χ4v) is 3.98. The Hall–Kier alpha value is -3.55. The van der Waals surface area contributed by atoms with Crippen molar-refractivity contribution in [2.75, 3.05) is 37.7 Å². The molecule has 1 saturated heterocycles. The number of ether oxygens (including phenoxy) is 1. The summed E-state index contributed by atoms with van der Waals surface area (Å²) in [6, 6.07) is 8.12. The lowest BCUT2D eigenvalue weighted by molar-refractivity contribution is 0.0519. The van der Waals surface area contributed by atoms with Crippen molar-refractivity contribution in [1.82, 2.24) is 14.9 Å². The molecule has 0 radical (unpaired) electrons. The summed E-state index contributed by atoms with van der Waals surface area (Å²) in [6.45, 7) is 9.56. The monoisotopic (exact) mass is 450 g/mol. The summed E-state index contributed by atoms with van der Waals surface area (Å²) in [4.78, 5) is 38.7. The molecular formula is C25H27FN4O3. The molecule has 2 aromatic carbocycles. The number of piperazine rings is 1. The van der Waals surface area contributed by atoms with Crippen LogP contribution in [0.3, 0.4) is 0 Å². The molecule has 0 bridgehead atoms. The van der Waals surface area contributed by atoms with Crippen LogP contribution in [0.4, 0.5) is 10.2 Å². The van der Waals surface area contributed by atoms with Crippen molar-refractivity contribution in [2.45, 2.75) is 27.7 Å². The first-order valence-corrected chi connectivity index (χ1v) is 11.0. The third kappa shape index (κ3) is 4.51. The Labute approximate surface area is 192 Å². The molecule has 1 aliphatic rings. The van der Waals surface area contributed by atoms with Crippen LogP contribution in [0.25, 0.3) is 11.0 Å². The molecule has 1 amide bonds. The maximum atomic E-state index is 13.7. The largest absolute Gasteiger partial charge is 0.461 e. The summed E-state index contributed by atoms with van der Waals surface area (Å²) in [5.74, 6) is -0.696. The van der Waals surface area contributed by atoms with Crippen molar-refractivity contribution in [2.24, 2.45) is 0 Å². The van der Waals surface area contributed by atoms with E-state index in [0.717, 1.165) is 16.7 Å². The van der Waals surface area contributed by atoms with Gasteiger partial charge in [-0.05, 0) is 68.7 Å². The molecule has 172 valence electrons. The molecule has 0 atom stereocenters. The third-order valence-corrected chi connectivity index (χ3v) is 6.03. The van der Waals surface area contributed by atoms with E-state index in [9.17, 15) is 14.0 Å². The highest BCUT2D eigenvalue weighted by molar-refractivity contribution is 5.97. The van der Waals surface area contributed by atoms with Crippen LogP contribution in [-0.4, -0.2) is 59.5 Å². The van der Waals surface area contributed by atoms with Gasteiger partial charge in [-0.25, -0.2) is 19.2 Å². The van der Waals surface area contributed by atoms with Crippen LogP contribution in [0.5, 0.6) is 0 Å². The van der Waals surface area contributed by atoms with E-state index < -0.39 is 11.8 Å². The average Bonchev–Trinajstić information content (AvgIpc) is 2.80. The number of nitrogens with zero attached hydrogens (tertiary/aromatic N) is 4. The molecule has 0 saturated carbocycles. The van der Waals surface area contributed by atoms with Crippen molar-refractivity contribution in [3.8, 4) is 0 Å². The molecule has 0 unspecified atom stereocenters. The zero-order chi connectivity index (χ0) is 23.7. The average molecular weight is 451 g/mol. The van der Waals surface area contributed by atoms with Gasteiger partial charge in [0.05, 0.1) is 17.6 Å². The smallest absolute Gasteiger partial charge is 0.360 e. The van der Waals surface area contributed by atoms with Crippen LogP contribution in [-0.2, 0) is 4.74 Å². The van der Waals surface area contributed by atoms with E-state index in [4.69, 9.17) is 9.72 Å². The number of aryl methyl sites for hydroxylation is 3. The van der Waals surface area contributed by atoms with Gasteiger partial charge in [-0.15, -0.1) is 0 Å². The second-order valence-electron chi connectivity index (χ2n) is 8.28. The number of esters is 1. The number of carbonyl (C=O) groups excluding carboxylic acids is 2. The molecule has 0 N–H and O–H groups in total. The van der Waals surface area contributed by atoms with Crippen LogP contribution in [0.1, 0.15) is 44.5 Å². The Bertz CT molecular complexity index is 1240. The molecule has 8 heteroatoms. The molecule has 33 heavy (non-hydrogen) atoms. The van der Waals surface area contributed by atoms with E-state index in [1.807, 2.05) is 30.9 Å². The molecule has 2 heterocycles. The minimum atomic E-state index is -0.519. The highest BCUT2D eigenvalue weighted by Gasteiger charge is 2.28. The van der Waals surface area contributed by atoms with Crippen molar-refractivity contribution >= 4 is 28.7 Å². The van der Waals surface area contributed by atoms with Gasteiger partial charge in [0.2, 0.25) is 0 Å². The number of amides is 1. The minimum Gasteiger partial charge on any atom is -0.461 e. The topological polar surface area (TPSA) is 75.6 Å². The Morgan fingerprint density at radius 1 is 0.939 bits per heavy atom. The lowest BCUT2D eigenvalue weighted by atomic mass is 10.1. The van der Waals surface area contributed by atoms with Gasteiger partial charge in [0.1, 0.15) is 5.82 Å². The zero-order valence-corrected chi connectivity index (χ0v) is 19.3. The minimum absolute atomic E-state index is 0.174. The van der Waals surface area contributed by atoms with Crippen molar-refractivity contribution in [1.29, 1.82) is 0 Å². The van der Waals surface area contributed by atoms with Gasteiger partial charge in [-0.3, -0.25) is 4.79 Å². The van der Waals surface area contributed by atoms with Gasteiger partial charge in [0.25, 0.3) is 5.91 Å². The number of fused-ring (bicyclic) bond motifs is 1. The lowest BCUT2D eigenvalue weighted by Gasteiger charge is -2.36. The molecule has 7 nitrogen and oxygen atoms in total. The standard InChI is InChI=1S/C25H27FN4O3/c1-5-33-25(32)22-23(28-21-13-17(4)16(3)12-20(21)27-22)29-8-10-30(11-9-29)24(31)19-14-18(26)7-6-15(19)2/h6-7,12-14H,5,8-11H2,1-4H3. The SMILES string of the molecule is CCOC(=O)c1nc2cc(C)c(C)cc2nc1N1CCN(C(=O)c2cc(F)ccc2C)CC1. The zero-order valence-electron chi connectivity index (χ0n) is 19.3. The first-order chi connectivity index (χ1) is 15.8. The van der Waals surface area contributed by atoms with Gasteiger partial charge < -0.3 is 14.5 Å². The second-order valence-corrected chi connectivity index (χ2v) is 8.28. The van der Waals surface area contributed by atoms with Gasteiger partial charge in [0, 0.05) is 31.7 Å². The maximum absolute atomic E-state index is 13.7. The molecule has 1 aliphatic heterocycles. The predicted molar refractivity (Wildman–Crippen MR) is 124 cm³/mol. The van der Waals surface area contributed by atoms with Crippen molar-refractivity contribution < 1.29 is 18.7 Å². The Kier molecular flexibility index (Phi) is 6.26.